The van der Waals surface area contributed by atoms with Gasteiger partial charge in [0.1, 0.15) is 6.54 Å². The van der Waals surface area contributed by atoms with Gasteiger partial charge < -0.3 is 10.1 Å². The summed E-state index contributed by atoms with van der Waals surface area (Å²) >= 11 is 3.15. The molecule has 8 heteroatoms. The summed E-state index contributed by atoms with van der Waals surface area (Å²) in [5.41, 5.74) is 2.29. The molecule has 2 aromatic carbocycles. The Balaban J connectivity index is 1.26. The number of hydrogen-bond donors (Lipinski definition) is 1. The summed E-state index contributed by atoms with van der Waals surface area (Å²) in [5, 5.41) is 4.35. The molecule has 5 atom stereocenters. The van der Waals surface area contributed by atoms with Crippen LogP contribution in [0.1, 0.15) is 52.9 Å². The number of benzene rings is 2. The Morgan fingerprint density at radius 3 is 2.56 bits per heavy atom. The van der Waals surface area contributed by atoms with E-state index in [1.54, 1.807) is 35.8 Å². The van der Waals surface area contributed by atoms with Gasteiger partial charge >= 0.3 is 10.8 Å². The van der Waals surface area contributed by atoms with E-state index >= 15 is 0 Å². The summed E-state index contributed by atoms with van der Waals surface area (Å²) in [6, 6.07) is 17.2. The molecule has 2 fully saturated rings. The van der Waals surface area contributed by atoms with Crippen LogP contribution in [0, 0.1) is 17.8 Å². The van der Waals surface area contributed by atoms with E-state index < -0.39 is 5.97 Å². The molecule has 0 spiro atoms. The van der Waals surface area contributed by atoms with Gasteiger partial charge in [-0.25, -0.2) is 4.79 Å². The minimum atomic E-state index is -0.393. The molecule has 186 valence electrons. The van der Waals surface area contributed by atoms with Gasteiger partial charge in [0.2, 0.25) is 5.91 Å². The van der Waals surface area contributed by atoms with E-state index in [-0.39, 0.29) is 23.2 Å². The number of anilines is 1. The fourth-order valence-electron chi connectivity index (χ4n) is 6.37. The van der Waals surface area contributed by atoms with Crippen molar-refractivity contribution in [2.75, 3.05) is 11.9 Å². The van der Waals surface area contributed by atoms with Crippen LogP contribution in [0.25, 0.3) is 0 Å². The zero-order chi connectivity index (χ0) is 24.8. The van der Waals surface area contributed by atoms with Gasteiger partial charge in [0.15, 0.2) is 0 Å². The lowest BCUT2D eigenvalue weighted by atomic mass is 9.75. The van der Waals surface area contributed by atoms with E-state index in [1.807, 2.05) is 17.8 Å². The summed E-state index contributed by atoms with van der Waals surface area (Å²) < 4.78 is 6.68. The van der Waals surface area contributed by atoms with Crippen molar-refractivity contribution in [2.24, 2.45) is 17.8 Å². The maximum atomic E-state index is 13.2. The number of fused-ring (bicyclic) bond motifs is 6. The van der Waals surface area contributed by atoms with Gasteiger partial charge in [0, 0.05) is 21.7 Å². The third kappa shape index (κ3) is 4.10. The first-order valence-electron chi connectivity index (χ1n) is 12.6. The number of esters is 1. The second-order valence-electron chi connectivity index (χ2n) is 9.85. The third-order valence-electron chi connectivity index (χ3n) is 7.83. The standard InChI is InChI=1S/C28H28N2O4S2/c1-2-34-27(32)17-10-12-20(13-11-17)29-21(31)15-30-26-25(36-28(30)33)22(16-6-4-3-5-7-16)23-18-8-9-19(14-18)24(23)35-26/h3-7,10-13,18-19,22-24H,2,8-9,14-15H2,1H3,(H,29,31). The van der Waals surface area contributed by atoms with Crippen LogP contribution in [0.5, 0.6) is 0 Å². The highest BCUT2D eigenvalue weighted by Gasteiger charge is 2.55. The molecular weight excluding hydrogens is 492 g/mol. The van der Waals surface area contributed by atoms with Crippen LogP contribution < -0.4 is 10.2 Å². The summed E-state index contributed by atoms with van der Waals surface area (Å²) in [6.45, 7) is 2.04. The Bertz CT molecular complexity index is 1350. The Morgan fingerprint density at radius 1 is 1.06 bits per heavy atom. The molecule has 1 N–H and O–H groups in total. The lowest BCUT2D eigenvalue weighted by Crippen LogP contribution is -2.34. The average molecular weight is 521 g/mol. The molecule has 2 bridgehead atoms. The smallest absolute Gasteiger partial charge is 0.338 e. The second kappa shape index (κ2) is 9.56. The summed E-state index contributed by atoms with van der Waals surface area (Å²) in [7, 11) is 0. The van der Waals surface area contributed by atoms with Crippen molar-refractivity contribution in [3.05, 3.63) is 80.3 Å². The molecule has 0 saturated heterocycles. The number of aromatic nitrogens is 1. The van der Waals surface area contributed by atoms with Crippen molar-refractivity contribution in [1.29, 1.82) is 0 Å². The summed E-state index contributed by atoms with van der Waals surface area (Å²) in [4.78, 5) is 39.1. The van der Waals surface area contributed by atoms with Gasteiger partial charge in [-0.2, -0.15) is 0 Å². The Labute approximate surface area is 218 Å². The first-order valence-corrected chi connectivity index (χ1v) is 14.2. The fraction of sp³-hybridized carbons (Fsp3) is 0.393. The van der Waals surface area contributed by atoms with Gasteiger partial charge in [0.25, 0.3) is 0 Å². The zero-order valence-electron chi connectivity index (χ0n) is 20.0. The van der Waals surface area contributed by atoms with Crippen molar-refractivity contribution in [3.8, 4) is 0 Å². The van der Waals surface area contributed by atoms with Crippen LogP contribution in [-0.4, -0.2) is 28.3 Å². The van der Waals surface area contributed by atoms with Crippen LogP contribution in [0.2, 0.25) is 0 Å². The van der Waals surface area contributed by atoms with Crippen molar-refractivity contribution in [2.45, 2.75) is 48.9 Å². The highest BCUT2D eigenvalue weighted by molar-refractivity contribution is 8.00. The van der Waals surface area contributed by atoms with Gasteiger partial charge in [-0.05, 0) is 73.8 Å². The van der Waals surface area contributed by atoms with Crippen LogP contribution in [0.4, 0.5) is 5.69 Å². The molecule has 6 nitrogen and oxygen atoms in total. The maximum absolute atomic E-state index is 13.2. The van der Waals surface area contributed by atoms with Crippen molar-refractivity contribution >= 4 is 40.7 Å². The number of amides is 1. The van der Waals surface area contributed by atoms with E-state index in [0.717, 1.165) is 15.8 Å². The van der Waals surface area contributed by atoms with E-state index in [0.29, 0.717) is 34.9 Å². The van der Waals surface area contributed by atoms with Gasteiger partial charge in [0.05, 0.1) is 17.2 Å². The molecule has 2 saturated carbocycles. The minimum absolute atomic E-state index is 0.0235. The molecule has 1 aliphatic heterocycles. The predicted octanol–water partition coefficient (Wildman–Crippen LogP) is 5.38. The summed E-state index contributed by atoms with van der Waals surface area (Å²) in [6.07, 6.45) is 3.84. The topological polar surface area (TPSA) is 77.4 Å². The molecule has 0 radical (unpaired) electrons. The number of rotatable bonds is 6. The van der Waals surface area contributed by atoms with Crippen molar-refractivity contribution < 1.29 is 14.3 Å². The molecule has 2 aliphatic carbocycles. The highest BCUT2D eigenvalue weighted by atomic mass is 32.2. The molecule has 3 aliphatic rings. The lowest BCUT2D eigenvalue weighted by Gasteiger charge is -2.40. The Morgan fingerprint density at radius 2 is 1.81 bits per heavy atom. The second-order valence-corrected chi connectivity index (χ2v) is 12.0. The number of nitrogens with one attached hydrogen (secondary N) is 1. The first-order chi connectivity index (χ1) is 17.5. The highest BCUT2D eigenvalue weighted by Crippen LogP contribution is 2.63. The van der Waals surface area contributed by atoms with Crippen molar-refractivity contribution in [3.63, 3.8) is 0 Å². The van der Waals surface area contributed by atoms with Crippen LogP contribution >= 0.6 is 23.1 Å². The van der Waals surface area contributed by atoms with Gasteiger partial charge in [-0.15, -0.1) is 11.8 Å². The molecule has 5 unspecified atom stereocenters. The van der Waals surface area contributed by atoms with Crippen LogP contribution in [0.3, 0.4) is 0 Å². The number of carbonyl (C=O) groups is 2. The monoisotopic (exact) mass is 520 g/mol. The van der Waals surface area contributed by atoms with Crippen LogP contribution in [0.15, 0.2) is 64.4 Å². The minimum Gasteiger partial charge on any atom is -0.462 e. The largest absolute Gasteiger partial charge is 0.462 e. The maximum Gasteiger partial charge on any atom is 0.338 e. The number of hydrogen-bond acceptors (Lipinski definition) is 6. The van der Waals surface area contributed by atoms with Crippen LogP contribution in [-0.2, 0) is 16.1 Å². The SMILES string of the molecule is CCOC(=O)c1ccc(NC(=O)Cn2c3c(sc2=O)C(c2ccccc2)C2C4CCC(C4)C2S3)cc1. The first kappa shape index (κ1) is 23.6. The molecule has 36 heavy (non-hydrogen) atoms. The number of nitrogens with zero attached hydrogens (tertiary/aromatic N) is 1. The van der Waals surface area contributed by atoms with Crippen molar-refractivity contribution in [1.82, 2.24) is 4.57 Å². The summed E-state index contributed by atoms with van der Waals surface area (Å²) in [5.74, 6) is 1.54. The zero-order valence-corrected chi connectivity index (χ0v) is 21.6. The number of thiazole rings is 1. The normalized spacial score (nSPS) is 25.8. The van der Waals surface area contributed by atoms with E-state index in [9.17, 15) is 14.4 Å². The molecule has 1 aromatic heterocycles. The predicted molar refractivity (Wildman–Crippen MR) is 142 cm³/mol. The van der Waals surface area contributed by atoms with Gasteiger partial charge in [-0.3, -0.25) is 14.2 Å². The lowest BCUT2D eigenvalue weighted by molar-refractivity contribution is -0.116. The molecule has 1 amide bonds. The van der Waals surface area contributed by atoms with E-state index in [4.69, 9.17) is 4.74 Å². The fourth-order valence-corrected chi connectivity index (χ4v) is 9.52. The molecular formula is C28H28N2O4S2. The molecule has 6 rings (SSSR count). The number of thioether (sulfide) groups is 1. The van der Waals surface area contributed by atoms with E-state index in [2.05, 4.69) is 29.6 Å². The molecule has 2 heterocycles. The average Bonchev–Trinajstić information content (AvgIpc) is 3.58. The van der Waals surface area contributed by atoms with E-state index in [1.165, 1.54) is 36.2 Å². The Hall–Kier alpha value is -2.84. The number of carbonyl (C=O) groups excluding carboxylic acids is 2. The quantitative estimate of drug-likeness (QED) is 0.442. The van der Waals surface area contributed by atoms with Gasteiger partial charge in [-0.1, -0.05) is 41.7 Å². The Kier molecular flexibility index (Phi) is 6.25. The third-order valence-corrected chi connectivity index (χ3v) is 10.7. The molecule has 3 aromatic rings. The number of ether oxygens (including phenoxy) is 1.